The third kappa shape index (κ3) is 22.8. The number of hydrogen-bond donors (Lipinski definition) is 1. The number of halogens is 3. The molecule has 2 fully saturated rings. The molecular formula is C41H74Cl3NO8. The lowest BCUT2D eigenvalue weighted by atomic mass is 9.95. The lowest BCUT2D eigenvalue weighted by Crippen LogP contribution is -2.69. The van der Waals surface area contributed by atoms with Gasteiger partial charge in [-0.15, -0.1) is 6.58 Å². The van der Waals surface area contributed by atoms with Crippen molar-refractivity contribution >= 4 is 40.9 Å². The normalized spacial score (nSPS) is 23.3. The molecule has 2 aliphatic rings. The van der Waals surface area contributed by atoms with Crippen molar-refractivity contribution in [3.05, 3.63) is 12.7 Å². The molecule has 2 aliphatic heterocycles. The average molecular weight is 815 g/mol. The lowest BCUT2D eigenvalue weighted by Gasteiger charge is -2.51. The molecule has 0 radical (unpaired) electrons. The largest absolute Gasteiger partial charge is 0.445 e. The summed E-state index contributed by atoms with van der Waals surface area (Å²) in [6.07, 6.45) is 24.5. The highest BCUT2D eigenvalue weighted by molar-refractivity contribution is 6.67. The van der Waals surface area contributed by atoms with Crippen molar-refractivity contribution in [3.8, 4) is 0 Å². The minimum atomic E-state index is -1.76. The molecular weight excluding hydrogens is 741 g/mol. The van der Waals surface area contributed by atoms with Crippen LogP contribution in [-0.4, -0.2) is 85.5 Å². The maximum absolute atomic E-state index is 13.0. The molecule has 2 saturated heterocycles. The van der Waals surface area contributed by atoms with E-state index >= 15 is 0 Å². The molecule has 0 spiro atoms. The van der Waals surface area contributed by atoms with Crippen LogP contribution < -0.4 is 5.32 Å². The molecule has 6 atom stereocenters. The molecule has 12 heteroatoms. The number of ether oxygens (including phenoxy) is 7. The summed E-state index contributed by atoms with van der Waals surface area (Å²) in [5.74, 6) is -0.877. The number of nitrogens with one attached hydrogen (secondary N) is 1. The molecule has 0 aromatic rings. The first-order chi connectivity index (χ1) is 25.5. The summed E-state index contributed by atoms with van der Waals surface area (Å²) in [4.78, 5) is 13.0. The average Bonchev–Trinajstić information content (AvgIpc) is 3.11. The zero-order chi connectivity index (χ0) is 38.8. The van der Waals surface area contributed by atoms with Crippen molar-refractivity contribution in [1.29, 1.82) is 0 Å². The number of hydrogen-bond acceptors (Lipinski definition) is 8. The Bertz CT molecular complexity index is 939. The van der Waals surface area contributed by atoms with Crippen LogP contribution in [0.15, 0.2) is 12.7 Å². The Hall–Kier alpha value is -0.360. The van der Waals surface area contributed by atoms with Crippen LogP contribution in [0.2, 0.25) is 0 Å². The molecule has 9 nitrogen and oxygen atoms in total. The van der Waals surface area contributed by atoms with Crippen molar-refractivity contribution in [3.63, 3.8) is 0 Å². The Morgan fingerprint density at radius 1 is 0.830 bits per heavy atom. The number of rotatable bonds is 31. The fourth-order valence-corrected chi connectivity index (χ4v) is 7.14. The van der Waals surface area contributed by atoms with Crippen molar-refractivity contribution in [2.75, 3.05) is 33.0 Å². The topological polar surface area (TPSA) is 93.7 Å². The van der Waals surface area contributed by atoms with Crippen LogP contribution in [0.25, 0.3) is 0 Å². The van der Waals surface area contributed by atoms with E-state index in [4.69, 9.17) is 68.0 Å². The maximum atomic E-state index is 13.0. The third-order valence-corrected chi connectivity index (χ3v) is 10.2. The fraction of sp³-hybridized carbons (Fsp3) is 0.927. The van der Waals surface area contributed by atoms with Gasteiger partial charge in [-0.25, -0.2) is 4.79 Å². The minimum absolute atomic E-state index is 0.0780. The van der Waals surface area contributed by atoms with Crippen LogP contribution in [0.3, 0.4) is 0 Å². The molecule has 0 aromatic heterocycles. The van der Waals surface area contributed by atoms with E-state index in [1.807, 2.05) is 13.8 Å². The third-order valence-electron chi connectivity index (χ3n) is 9.92. The summed E-state index contributed by atoms with van der Waals surface area (Å²) in [5.41, 5.74) is 0. The Kier molecular flexibility index (Phi) is 26.6. The van der Waals surface area contributed by atoms with Gasteiger partial charge in [0.2, 0.25) is 3.79 Å². The number of alkyl halides is 3. The molecule has 312 valence electrons. The number of unbranched alkanes of at least 4 members (excludes halogenated alkanes) is 17. The quantitative estimate of drug-likeness (QED) is 0.0420. The van der Waals surface area contributed by atoms with Crippen LogP contribution in [-0.2, 0) is 33.2 Å². The fourth-order valence-electron chi connectivity index (χ4n) is 6.98. The SMILES string of the molecule is C=CCO[C@H]1O[C@@H]2COC(C)(C)O[C@H]2[C@H](OCC[C@@H](CCCCCCCCCCC)OCCCCCCCCCCCC)[C@H]1NC(=O)OCC(Cl)(Cl)Cl. The van der Waals surface area contributed by atoms with E-state index in [1.54, 1.807) is 6.08 Å². The van der Waals surface area contributed by atoms with Gasteiger partial charge in [0.15, 0.2) is 12.1 Å². The zero-order valence-electron chi connectivity index (χ0n) is 33.5. The second-order valence-corrected chi connectivity index (χ2v) is 17.8. The highest BCUT2D eigenvalue weighted by atomic mass is 35.6. The summed E-state index contributed by atoms with van der Waals surface area (Å²) in [6, 6.07) is -0.795. The van der Waals surface area contributed by atoms with Gasteiger partial charge < -0.3 is 38.5 Å². The number of fused-ring (bicyclic) bond motifs is 1. The summed E-state index contributed by atoms with van der Waals surface area (Å²) in [5, 5.41) is 2.85. The number of carbonyl (C=O) groups is 1. The summed E-state index contributed by atoms with van der Waals surface area (Å²) < 4.78 is 41.2. The maximum Gasteiger partial charge on any atom is 0.407 e. The van der Waals surface area contributed by atoms with Crippen LogP contribution in [0, 0.1) is 0 Å². The van der Waals surface area contributed by atoms with Crippen molar-refractivity contribution in [2.24, 2.45) is 0 Å². The van der Waals surface area contributed by atoms with Gasteiger partial charge in [-0.2, -0.15) is 0 Å². The predicted octanol–water partition coefficient (Wildman–Crippen LogP) is 11.5. The van der Waals surface area contributed by atoms with E-state index < -0.39 is 52.9 Å². The first kappa shape index (κ1) is 48.8. The smallest absolute Gasteiger partial charge is 0.407 e. The minimum Gasteiger partial charge on any atom is -0.445 e. The Balaban J connectivity index is 2.02. The highest BCUT2D eigenvalue weighted by Crippen LogP contribution is 2.35. The van der Waals surface area contributed by atoms with E-state index in [9.17, 15) is 4.79 Å². The molecule has 2 rings (SSSR count). The number of carbonyl (C=O) groups excluding carboxylic acids is 1. The monoisotopic (exact) mass is 813 g/mol. The van der Waals surface area contributed by atoms with E-state index in [1.165, 1.54) is 109 Å². The first-order valence-electron chi connectivity index (χ1n) is 20.9. The standard InChI is InChI=1S/C41H74Cl3NO8/c1-6-9-11-13-15-17-19-21-23-25-29-47-33(26-24-22-20-18-16-14-12-10-7-2)27-30-48-37-35(45-39(46)50-32-41(42,43)44)38(49-28-8-3)52-34-31-51-40(4,5)53-36(34)37/h8,33-38H,3,6-7,9-32H2,1-2,4-5H3,(H,45,46)/t33-,34-,35-,36-,37-,38+/m1/s1. The van der Waals surface area contributed by atoms with Gasteiger partial charge in [-0.1, -0.05) is 170 Å². The van der Waals surface area contributed by atoms with Gasteiger partial charge in [-0.3, -0.25) is 0 Å². The van der Waals surface area contributed by atoms with Crippen molar-refractivity contribution in [2.45, 2.75) is 209 Å². The highest BCUT2D eigenvalue weighted by Gasteiger charge is 2.53. The molecule has 1 amide bonds. The van der Waals surface area contributed by atoms with Gasteiger partial charge in [-0.05, 0) is 33.1 Å². The molecule has 0 aliphatic carbocycles. The van der Waals surface area contributed by atoms with Crippen LogP contribution in [0.4, 0.5) is 4.79 Å². The molecule has 0 bridgehead atoms. The second-order valence-electron chi connectivity index (χ2n) is 15.2. The molecule has 0 saturated carbocycles. The molecule has 0 unspecified atom stereocenters. The summed E-state index contributed by atoms with van der Waals surface area (Å²) >= 11 is 17.5. The second kappa shape index (κ2) is 28.9. The molecule has 0 aromatic carbocycles. The van der Waals surface area contributed by atoms with Crippen LogP contribution in [0.1, 0.15) is 163 Å². The van der Waals surface area contributed by atoms with Crippen molar-refractivity contribution < 1.29 is 38.0 Å². The lowest BCUT2D eigenvalue weighted by molar-refractivity contribution is -0.371. The Morgan fingerprint density at radius 3 is 1.96 bits per heavy atom. The Morgan fingerprint density at radius 2 is 1.40 bits per heavy atom. The van der Waals surface area contributed by atoms with E-state index in [-0.39, 0.29) is 19.3 Å². The number of alkyl carbamates (subject to hydrolysis) is 1. The van der Waals surface area contributed by atoms with E-state index in [0.717, 1.165) is 25.9 Å². The van der Waals surface area contributed by atoms with Gasteiger partial charge in [0, 0.05) is 13.2 Å². The van der Waals surface area contributed by atoms with Crippen LogP contribution in [0.5, 0.6) is 0 Å². The molecule has 2 heterocycles. The predicted molar refractivity (Wildman–Crippen MR) is 216 cm³/mol. The van der Waals surface area contributed by atoms with E-state index in [2.05, 4.69) is 25.7 Å². The molecule has 1 N–H and O–H groups in total. The van der Waals surface area contributed by atoms with Crippen LogP contribution >= 0.6 is 34.8 Å². The first-order valence-corrected chi connectivity index (χ1v) is 22.1. The van der Waals surface area contributed by atoms with E-state index in [0.29, 0.717) is 13.0 Å². The van der Waals surface area contributed by atoms with Gasteiger partial charge in [0.1, 0.15) is 31.0 Å². The Labute approximate surface area is 337 Å². The zero-order valence-corrected chi connectivity index (χ0v) is 35.8. The van der Waals surface area contributed by atoms with Gasteiger partial charge in [0.25, 0.3) is 0 Å². The van der Waals surface area contributed by atoms with Gasteiger partial charge >= 0.3 is 6.09 Å². The summed E-state index contributed by atoms with van der Waals surface area (Å²) in [7, 11) is 0. The van der Waals surface area contributed by atoms with Crippen molar-refractivity contribution in [1.82, 2.24) is 5.32 Å². The summed E-state index contributed by atoms with van der Waals surface area (Å²) in [6.45, 7) is 13.2. The molecule has 53 heavy (non-hydrogen) atoms. The number of amides is 1. The van der Waals surface area contributed by atoms with Gasteiger partial charge in [0.05, 0.1) is 19.3 Å².